The summed E-state index contributed by atoms with van der Waals surface area (Å²) in [6.07, 6.45) is 3.05. The van der Waals surface area contributed by atoms with Crippen LogP contribution in [0.25, 0.3) is 6.08 Å². The fraction of sp³-hybridized carbons (Fsp3) is 0.118. The first-order valence-corrected chi connectivity index (χ1v) is 8.60. The van der Waals surface area contributed by atoms with Crippen molar-refractivity contribution in [3.63, 3.8) is 0 Å². The molecule has 0 radical (unpaired) electrons. The van der Waals surface area contributed by atoms with E-state index in [1.54, 1.807) is 12.1 Å². The SMILES string of the molecule is CNS(=O)(=O)c1cc(NC(=O)C=Cc2ccccc2)ccc1OC. The largest absolute Gasteiger partial charge is 0.495 e. The Bertz CT molecular complexity index is 846. The summed E-state index contributed by atoms with van der Waals surface area (Å²) in [5.41, 5.74) is 1.24. The lowest BCUT2D eigenvalue weighted by molar-refractivity contribution is -0.111. The maximum Gasteiger partial charge on any atom is 0.248 e. The minimum Gasteiger partial charge on any atom is -0.495 e. The maximum absolute atomic E-state index is 12.0. The van der Waals surface area contributed by atoms with Crippen molar-refractivity contribution in [2.45, 2.75) is 4.90 Å². The third kappa shape index (κ3) is 4.43. The number of carbonyl (C=O) groups excluding carboxylic acids is 1. The number of carbonyl (C=O) groups is 1. The number of nitrogens with one attached hydrogen (secondary N) is 2. The van der Waals surface area contributed by atoms with Crippen LogP contribution in [0, 0.1) is 0 Å². The Balaban J connectivity index is 2.19. The number of benzene rings is 2. The highest BCUT2D eigenvalue weighted by Gasteiger charge is 2.18. The molecule has 2 rings (SSSR count). The van der Waals surface area contributed by atoms with Gasteiger partial charge >= 0.3 is 0 Å². The summed E-state index contributed by atoms with van der Waals surface area (Å²) in [7, 11) is -1.01. The minimum absolute atomic E-state index is 0.0441. The van der Waals surface area contributed by atoms with Crippen molar-refractivity contribution in [1.29, 1.82) is 0 Å². The molecule has 0 unspecified atom stereocenters. The lowest BCUT2D eigenvalue weighted by Gasteiger charge is -2.11. The van der Waals surface area contributed by atoms with Crippen LogP contribution >= 0.6 is 0 Å². The van der Waals surface area contributed by atoms with Gasteiger partial charge in [0.1, 0.15) is 10.6 Å². The molecule has 0 fully saturated rings. The van der Waals surface area contributed by atoms with Crippen LogP contribution in [0.2, 0.25) is 0 Å². The zero-order valence-electron chi connectivity index (χ0n) is 13.3. The fourth-order valence-electron chi connectivity index (χ4n) is 1.99. The Kier molecular flexibility index (Phi) is 5.73. The Labute approximate surface area is 141 Å². The average Bonchev–Trinajstić information content (AvgIpc) is 2.61. The van der Waals surface area contributed by atoms with Crippen molar-refractivity contribution >= 4 is 27.7 Å². The predicted molar refractivity (Wildman–Crippen MR) is 93.3 cm³/mol. The van der Waals surface area contributed by atoms with E-state index in [0.717, 1.165) is 5.56 Å². The fourth-order valence-corrected chi connectivity index (χ4v) is 2.91. The van der Waals surface area contributed by atoms with Gasteiger partial charge in [-0.2, -0.15) is 0 Å². The minimum atomic E-state index is -3.70. The first kappa shape index (κ1) is 17.7. The summed E-state index contributed by atoms with van der Waals surface area (Å²) in [6, 6.07) is 13.8. The van der Waals surface area contributed by atoms with Gasteiger partial charge in [-0.3, -0.25) is 4.79 Å². The molecule has 0 aliphatic carbocycles. The van der Waals surface area contributed by atoms with Gasteiger partial charge in [-0.15, -0.1) is 0 Å². The first-order chi connectivity index (χ1) is 11.5. The van der Waals surface area contributed by atoms with Crippen molar-refractivity contribution in [3.8, 4) is 5.75 Å². The van der Waals surface area contributed by atoms with Crippen LogP contribution in [0.1, 0.15) is 5.56 Å². The van der Waals surface area contributed by atoms with Gasteiger partial charge in [0.05, 0.1) is 7.11 Å². The Morgan fingerprint density at radius 3 is 2.46 bits per heavy atom. The van der Waals surface area contributed by atoms with Crippen LogP contribution in [-0.2, 0) is 14.8 Å². The number of anilines is 1. The van der Waals surface area contributed by atoms with E-state index in [9.17, 15) is 13.2 Å². The average molecular weight is 346 g/mol. The topological polar surface area (TPSA) is 84.5 Å². The number of hydrogen-bond acceptors (Lipinski definition) is 4. The molecule has 1 amide bonds. The highest BCUT2D eigenvalue weighted by Crippen LogP contribution is 2.26. The molecule has 0 aliphatic rings. The van der Waals surface area contributed by atoms with Gasteiger partial charge < -0.3 is 10.1 Å². The lowest BCUT2D eigenvalue weighted by atomic mass is 10.2. The van der Waals surface area contributed by atoms with Crippen LogP contribution < -0.4 is 14.8 Å². The van der Waals surface area contributed by atoms with Crippen LogP contribution in [0.4, 0.5) is 5.69 Å². The second kappa shape index (κ2) is 7.76. The van der Waals surface area contributed by atoms with E-state index in [-0.39, 0.29) is 16.6 Å². The molecule has 0 spiro atoms. The summed E-state index contributed by atoms with van der Waals surface area (Å²) in [5.74, 6) is -0.168. The van der Waals surface area contributed by atoms with Crippen LogP contribution in [0.15, 0.2) is 59.5 Å². The molecule has 0 bridgehead atoms. The molecular weight excluding hydrogens is 328 g/mol. The zero-order chi connectivity index (χ0) is 17.6. The van der Waals surface area contributed by atoms with Gasteiger partial charge in [-0.05, 0) is 36.9 Å². The molecule has 2 aromatic carbocycles. The quantitative estimate of drug-likeness (QED) is 0.786. The first-order valence-electron chi connectivity index (χ1n) is 7.12. The molecule has 0 aromatic heterocycles. The van der Waals surface area contributed by atoms with Gasteiger partial charge in [-0.1, -0.05) is 30.3 Å². The van der Waals surface area contributed by atoms with Crippen LogP contribution in [0.5, 0.6) is 5.75 Å². The standard InChI is InChI=1S/C17H18N2O4S/c1-18-24(21,22)16-12-14(9-10-15(16)23-2)19-17(20)11-8-13-6-4-3-5-7-13/h3-12,18H,1-2H3,(H,19,20). The highest BCUT2D eigenvalue weighted by atomic mass is 32.2. The van der Waals surface area contributed by atoms with Crippen molar-refractivity contribution < 1.29 is 17.9 Å². The van der Waals surface area contributed by atoms with E-state index in [4.69, 9.17) is 4.74 Å². The van der Waals surface area contributed by atoms with Gasteiger partial charge in [0.25, 0.3) is 0 Å². The van der Waals surface area contributed by atoms with Gasteiger partial charge in [-0.25, -0.2) is 13.1 Å². The summed E-state index contributed by atoms with van der Waals surface area (Å²) >= 11 is 0. The van der Waals surface area contributed by atoms with E-state index in [1.807, 2.05) is 30.3 Å². The van der Waals surface area contributed by atoms with E-state index < -0.39 is 10.0 Å². The smallest absolute Gasteiger partial charge is 0.248 e. The molecule has 0 aliphatic heterocycles. The van der Waals surface area contributed by atoms with Crippen molar-refractivity contribution in [1.82, 2.24) is 4.72 Å². The number of sulfonamides is 1. The molecule has 2 N–H and O–H groups in total. The molecule has 0 saturated carbocycles. The summed E-state index contributed by atoms with van der Waals surface area (Å²) in [5, 5.41) is 2.63. The Hall–Kier alpha value is -2.64. The van der Waals surface area contributed by atoms with Gasteiger partial charge in [0.2, 0.25) is 15.9 Å². The molecule has 7 heteroatoms. The van der Waals surface area contributed by atoms with E-state index >= 15 is 0 Å². The Morgan fingerprint density at radius 1 is 1.12 bits per heavy atom. The molecule has 6 nitrogen and oxygen atoms in total. The van der Waals surface area contributed by atoms with E-state index in [0.29, 0.717) is 5.69 Å². The van der Waals surface area contributed by atoms with Crippen molar-refractivity contribution in [3.05, 3.63) is 60.2 Å². The number of hydrogen-bond donors (Lipinski definition) is 2. The predicted octanol–water partition coefficient (Wildman–Crippen LogP) is 2.26. The maximum atomic E-state index is 12.0. The molecular formula is C17H18N2O4S. The van der Waals surface area contributed by atoms with E-state index in [2.05, 4.69) is 10.0 Å². The molecule has 0 atom stereocenters. The number of amides is 1. The van der Waals surface area contributed by atoms with E-state index in [1.165, 1.54) is 32.4 Å². The van der Waals surface area contributed by atoms with Crippen molar-refractivity contribution in [2.75, 3.05) is 19.5 Å². The van der Waals surface area contributed by atoms with Crippen LogP contribution in [0.3, 0.4) is 0 Å². The van der Waals surface area contributed by atoms with Crippen LogP contribution in [-0.4, -0.2) is 28.5 Å². The molecule has 0 heterocycles. The number of ether oxygens (including phenoxy) is 1. The molecule has 2 aromatic rings. The highest BCUT2D eigenvalue weighted by molar-refractivity contribution is 7.89. The monoisotopic (exact) mass is 346 g/mol. The third-order valence-corrected chi connectivity index (χ3v) is 4.65. The second-order valence-corrected chi connectivity index (χ2v) is 6.66. The third-order valence-electron chi connectivity index (χ3n) is 3.22. The number of rotatable bonds is 6. The summed E-state index contributed by atoms with van der Waals surface area (Å²) < 4.78 is 31.3. The molecule has 126 valence electrons. The normalized spacial score (nSPS) is 11.4. The Morgan fingerprint density at radius 2 is 1.83 bits per heavy atom. The summed E-state index contributed by atoms with van der Waals surface area (Å²) in [4.78, 5) is 11.9. The second-order valence-electron chi connectivity index (χ2n) is 4.81. The van der Waals surface area contributed by atoms with Crippen molar-refractivity contribution in [2.24, 2.45) is 0 Å². The number of methoxy groups -OCH3 is 1. The lowest BCUT2D eigenvalue weighted by Crippen LogP contribution is -2.19. The molecule has 24 heavy (non-hydrogen) atoms. The van der Waals surface area contributed by atoms with Gasteiger partial charge in [0.15, 0.2) is 0 Å². The summed E-state index contributed by atoms with van der Waals surface area (Å²) in [6.45, 7) is 0. The van der Waals surface area contributed by atoms with Gasteiger partial charge in [0, 0.05) is 11.8 Å². The molecule has 0 saturated heterocycles. The zero-order valence-corrected chi connectivity index (χ0v) is 14.1.